The molecule has 0 unspecified atom stereocenters. The second kappa shape index (κ2) is 4.34. The standard InChI is InChI=1S/C13H12S/c14-13(11-7-3-1-4-8-11)12-9-5-2-6-10-12/h1,3-10,12H,2H2. The minimum Gasteiger partial charge on any atom is -0.0838 e. The van der Waals surface area contributed by atoms with E-state index in [-0.39, 0.29) is 0 Å². The molecule has 0 saturated carbocycles. The van der Waals surface area contributed by atoms with Gasteiger partial charge in [0.1, 0.15) is 0 Å². The van der Waals surface area contributed by atoms with Gasteiger partial charge in [-0.2, -0.15) is 0 Å². The summed E-state index contributed by atoms with van der Waals surface area (Å²) in [4.78, 5) is 1.01. The number of hydrogen-bond donors (Lipinski definition) is 0. The topological polar surface area (TPSA) is 0 Å². The number of thiocarbonyl (C=S) groups is 1. The van der Waals surface area contributed by atoms with Crippen LogP contribution in [0.1, 0.15) is 12.0 Å². The summed E-state index contributed by atoms with van der Waals surface area (Å²) in [5.41, 5.74) is 1.16. The molecule has 14 heavy (non-hydrogen) atoms. The number of allylic oxidation sites excluding steroid dienone is 4. The molecule has 1 aliphatic rings. The van der Waals surface area contributed by atoms with E-state index in [9.17, 15) is 0 Å². The van der Waals surface area contributed by atoms with Crippen molar-refractivity contribution >= 4 is 17.1 Å². The molecule has 1 aromatic carbocycles. The van der Waals surface area contributed by atoms with Crippen LogP contribution in [0.25, 0.3) is 0 Å². The predicted octanol–water partition coefficient (Wildman–Crippen LogP) is 3.54. The van der Waals surface area contributed by atoms with E-state index in [1.807, 2.05) is 18.2 Å². The highest BCUT2D eigenvalue weighted by atomic mass is 32.1. The third kappa shape index (κ3) is 1.99. The van der Waals surface area contributed by atoms with E-state index in [2.05, 4.69) is 36.4 Å². The smallest absolute Gasteiger partial charge is 0.0331 e. The zero-order valence-corrected chi connectivity index (χ0v) is 8.71. The van der Waals surface area contributed by atoms with E-state index in [4.69, 9.17) is 12.2 Å². The molecular formula is C13H12S. The van der Waals surface area contributed by atoms with Gasteiger partial charge in [0.15, 0.2) is 0 Å². The molecule has 0 atom stereocenters. The second-order valence-electron chi connectivity index (χ2n) is 3.35. The monoisotopic (exact) mass is 200 g/mol. The van der Waals surface area contributed by atoms with Gasteiger partial charge in [-0.3, -0.25) is 0 Å². The first-order chi connectivity index (χ1) is 6.88. The van der Waals surface area contributed by atoms with Crippen molar-refractivity contribution in [3.8, 4) is 0 Å². The van der Waals surface area contributed by atoms with Gasteiger partial charge in [0, 0.05) is 10.8 Å². The van der Waals surface area contributed by atoms with Crippen LogP contribution < -0.4 is 0 Å². The fourth-order valence-electron chi connectivity index (χ4n) is 1.56. The number of rotatable bonds is 2. The third-order valence-corrected chi connectivity index (χ3v) is 2.83. The first-order valence-electron chi connectivity index (χ1n) is 4.80. The van der Waals surface area contributed by atoms with Gasteiger partial charge in [-0.1, -0.05) is 66.9 Å². The van der Waals surface area contributed by atoms with Crippen LogP contribution in [0.5, 0.6) is 0 Å². The van der Waals surface area contributed by atoms with E-state index >= 15 is 0 Å². The quantitative estimate of drug-likeness (QED) is 0.400. The van der Waals surface area contributed by atoms with E-state index in [1.165, 1.54) is 0 Å². The van der Waals surface area contributed by atoms with Gasteiger partial charge in [-0.25, -0.2) is 0 Å². The van der Waals surface area contributed by atoms with E-state index in [0.29, 0.717) is 5.92 Å². The summed E-state index contributed by atoms with van der Waals surface area (Å²) in [6.45, 7) is 0. The molecule has 0 aromatic heterocycles. The van der Waals surface area contributed by atoms with Crippen LogP contribution in [0.2, 0.25) is 0 Å². The summed E-state index contributed by atoms with van der Waals surface area (Å²) < 4.78 is 0. The molecule has 0 heterocycles. The lowest BCUT2D eigenvalue weighted by atomic mass is 9.95. The molecule has 0 spiro atoms. The highest BCUT2D eigenvalue weighted by Crippen LogP contribution is 2.16. The Kier molecular flexibility index (Phi) is 2.90. The van der Waals surface area contributed by atoms with Crippen LogP contribution >= 0.6 is 12.2 Å². The Labute approximate surface area is 90.0 Å². The van der Waals surface area contributed by atoms with Crippen molar-refractivity contribution in [1.82, 2.24) is 0 Å². The Hall–Kier alpha value is -1.21. The Morgan fingerprint density at radius 1 is 1.07 bits per heavy atom. The van der Waals surface area contributed by atoms with Gasteiger partial charge in [0.05, 0.1) is 0 Å². The van der Waals surface area contributed by atoms with Gasteiger partial charge in [0.2, 0.25) is 0 Å². The minimum atomic E-state index is 0.307. The van der Waals surface area contributed by atoms with E-state index in [0.717, 1.165) is 16.8 Å². The lowest BCUT2D eigenvalue weighted by molar-refractivity contribution is 1.09. The van der Waals surface area contributed by atoms with Gasteiger partial charge in [-0.15, -0.1) is 0 Å². The Bertz CT molecular complexity index is 361. The summed E-state index contributed by atoms with van der Waals surface area (Å²) in [6, 6.07) is 10.2. The molecule has 0 radical (unpaired) electrons. The van der Waals surface area contributed by atoms with E-state index < -0.39 is 0 Å². The average Bonchev–Trinajstić information content (AvgIpc) is 2.30. The third-order valence-electron chi connectivity index (χ3n) is 2.32. The van der Waals surface area contributed by atoms with Crippen molar-refractivity contribution in [2.75, 3.05) is 0 Å². The highest BCUT2D eigenvalue weighted by Gasteiger charge is 2.10. The Morgan fingerprint density at radius 2 is 1.71 bits per heavy atom. The van der Waals surface area contributed by atoms with Crippen LogP contribution in [0.15, 0.2) is 54.6 Å². The lowest BCUT2D eigenvalue weighted by Crippen LogP contribution is -2.09. The van der Waals surface area contributed by atoms with Crippen LogP contribution in [-0.2, 0) is 0 Å². The largest absolute Gasteiger partial charge is 0.0838 e. The molecule has 0 fully saturated rings. The molecule has 0 amide bonds. The molecular weight excluding hydrogens is 188 g/mol. The Balaban J connectivity index is 2.20. The van der Waals surface area contributed by atoms with Crippen LogP contribution in [0.3, 0.4) is 0 Å². The summed E-state index contributed by atoms with van der Waals surface area (Å²) in [5, 5.41) is 0. The summed E-state index contributed by atoms with van der Waals surface area (Å²) >= 11 is 5.44. The zero-order valence-electron chi connectivity index (χ0n) is 7.89. The molecule has 1 heteroatoms. The fraction of sp³-hybridized carbons (Fsp3) is 0.154. The molecule has 0 nitrogen and oxygen atoms in total. The molecule has 0 N–H and O–H groups in total. The molecule has 0 bridgehead atoms. The molecule has 2 rings (SSSR count). The summed E-state index contributed by atoms with van der Waals surface area (Å²) in [6.07, 6.45) is 9.72. The lowest BCUT2D eigenvalue weighted by Gasteiger charge is -2.12. The average molecular weight is 200 g/mol. The SMILES string of the molecule is S=C(c1ccccc1)C1C=CCC=C1. The van der Waals surface area contributed by atoms with Crippen molar-refractivity contribution in [1.29, 1.82) is 0 Å². The number of benzene rings is 1. The van der Waals surface area contributed by atoms with Gasteiger partial charge in [-0.05, 0) is 12.0 Å². The first kappa shape index (κ1) is 9.35. The van der Waals surface area contributed by atoms with Crippen LogP contribution in [0, 0.1) is 5.92 Å². The Morgan fingerprint density at radius 3 is 2.36 bits per heavy atom. The molecule has 1 aromatic rings. The first-order valence-corrected chi connectivity index (χ1v) is 5.21. The molecule has 70 valence electrons. The fourth-order valence-corrected chi connectivity index (χ4v) is 1.86. The number of hydrogen-bond acceptors (Lipinski definition) is 1. The molecule has 0 saturated heterocycles. The zero-order chi connectivity index (χ0) is 9.80. The normalized spacial score (nSPS) is 15.7. The highest BCUT2D eigenvalue weighted by molar-refractivity contribution is 7.80. The molecule has 0 aliphatic heterocycles. The van der Waals surface area contributed by atoms with Gasteiger partial charge in [0.25, 0.3) is 0 Å². The maximum absolute atomic E-state index is 5.44. The van der Waals surface area contributed by atoms with E-state index in [1.54, 1.807) is 0 Å². The van der Waals surface area contributed by atoms with Crippen molar-refractivity contribution in [3.05, 3.63) is 60.2 Å². The maximum Gasteiger partial charge on any atom is 0.0331 e. The van der Waals surface area contributed by atoms with Crippen molar-refractivity contribution < 1.29 is 0 Å². The van der Waals surface area contributed by atoms with Gasteiger partial charge >= 0.3 is 0 Å². The van der Waals surface area contributed by atoms with Crippen LogP contribution in [0.4, 0.5) is 0 Å². The molecule has 1 aliphatic carbocycles. The summed E-state index contributed by atoms with van der Waals surface area (Å²) in [7, 11) is 0. The van der Waals surface area contributed by atoms with Crippen LogP contribution in [-0.4, -0.2) is 4.86 Å². The summed E-state index contributed by atoms with van der Waals surface area (Å²) in [5.74, 6) is 0.307. The predicted molar refractivity (Wildman–Crippen MR) is 64.5 cm³/mol. The van der Waals surface area contributed by atoms with Crippen molar-refractivity contribution in [3.63, 3.8) is 0 Å². The van der Waals surface area contributed by atoms with Gasteiger partial charge < -0.3 is 0 Å². The minimum absolute atomic E-state index is 0.307. The van der Waals surface area contributed by atoms with Crippen molar-refractivity contribution in [2.45, 2.75) is 6.42 Å². The van der Waals surface area contributed by atoms with Crippen molar-refractivity contribution in [2.24, 2.45) is 5.92 Å². The second-order valence-corrected chi connectivity index (χ2v) is 3.79. The maximum atomic E-state index is 5.44.